The Morgan fingerprint density at radius 3 is 2.76 bits per heavy atom. The average Bonchev–Trinajstić information content (AvgIpc) is 2.92. The Balaban J connectivity index is 1.53. The number of benzene rings is 1. The molecule has 0 atom stereocenters. The molecule has 0 radical (unpaired) electrons. The Kier molecular flexibility index (Phi) is 4.93. The van der Waals surface area contributed by atoms with Gasteiger partial charge in [0.15, 0.2) is 5.78 Å². The lowest BCUT2D eigenvalue weighted by Gasteiger charge is -2.06. The lowest BCUT2D eigenvalue weighted by Crippen LogP contribution is -2.23. The van der Waals surface area contributed by atoms with E-state index in [-0.39, 0.29) is 24.5 Å². The number of nitrogens with zero attached hydrogens (tertiary/aromatic N) is 2. The van der Waals surface area contributed by atoms with E-state index in [1.807, 2.05) is 13.1 Å². The predicted octanol–water partition coefficient (Wildman–Crippen LogP) is 3.16. The molecule has 128 valence electrons. The zero-order valence-electron chi connectivity index (χ0n) is 14.5. The molecule has 0 aliphatic carbocycles. The quantitative estimate of drug-likeness (QED) is 0.704. The molecular weight excluding hydrogens is 314 g/mol. The highest BCUT2D eigenvalue weighted by Gasteiger charge is 2.09. The summed E-state index contributed by atoms with van der Waals surface area (Å²) in [6, 6.07) is 11.7. The molecule has 2 heterocycles. The molecule has 2 aromatic heterocycles. The Labute approximate surface area is 146 Å². The Morgan fingerprint density at radius 2 is 2.00 bits per heavy atom. The van der Waals surface area contributed by atoms with E-state index in [0.717, 1.165) is 5.56 Å². The van der Waals surface area contributed by atoms with E-state index in [1.165, 1.54) is 22.8 Å². The van der Waals surface area contributed by atoms with Gasteiger partial charge in [-0.3, -0.25) is 14.6 Å². The fraction of sp³-hybridized carbons (Fsp3) is 0.250. The number of nitrogens with one attached hydrogen (secondary N) is 1. The number of carbonyl (C=O) groups is 2. The van der Waals surface area contributed by atoms with Gasteiger partial charge < -0.3 is 9.88 Å². The number of Topliss-reactive ketones (excluding diaryl/α,β-unsaturated/α-hetero) is 1. The van der Waals surface area contributed by atoms with Gasteiger partial charge in [0.1, 0.15) is 0 Å². The molecule has 0 bridgehead atoms. The summed E-state index contributed by atoms with van der Waals surface area (Å²) in [6.07, 6.45) is 3.51. The Bertz CT molecular complexity index is 913. The molecule has 0 saturated heterocycles. The summed E-state index contributed by atoms with van der Waals surface area (Å²) in [4.78, 5) is 27.9. The summed E-state index contributed by atoms with van der Waals surface area (Å²) in [5.41, 5.74) is 3.96. The first-order valence-corrected chi connectivity index (χ1v) is 8.29. The lowest BCUT2D eigenvalue weighted by molar-refractivity contribution is -0.121. The van der Waals surface area contributed by atoms with E-state index in [1.54, 1.807) is 18.3 Å². The Hall–Kier alpha value is -2.95. The second-order valence-electron chi connectivity index (χ2n) is 6.18. The number of carbonyl (C=O) groups excluding carboxylic acids is 2. The smallest absolute Gasteiger partial charge is 0.220 e. The van der Waals surface area contributed by atoms with Crippen LogP contribution in [0.25, 0.3) is 10.9 Å². The maximum absolute atomic E-state index is 12.0. The summed E-state index contributed by atoms with van der Waals surface area (Å²) in [7, 11) is 2.04. The largest absolute Gasteiger partial charge is 0.352 e. The van der Waals surface area contributed by atoms with Crippen molar-refractivity contribution in [1.29, 1.82) is 0 Å². The maximum atomic E-state index is 12.0. The molecule has 3 rings (SSSR count). The second-order valence-corrected chi connectivity index (χ2v) is 6.18. The Morgan fingerprint density at radius 1 is 1.16 bits per heavy atom. The van der Waals surface area contributed by atoms with Crippen molar-refractivity contribution >= 4 is 22.6 Å². The van der Waals surface area contributed by atoms with Crippen molar-refractivity contribution in [3.8, 4) is 0 Å². The highest BCUT2D eigenvalue weighted by atomic mass is 16.2. The summed E-state index contributed by atoms with van der Waals surface area (Å²) < 4.78 is 2.14. The third kappa shape index (κ3) is 3.94. The SMILES string of the molecule is Cc1cc2cc(CNC(=O)CCC(=O)c3cccnc3)ccc2n1C. The van der Waals surface area contributed by atoms with Crippen LogP contribution in [-0.2, 0) is 18.4 Å². The van der Waals surface area contributed by atoms with E-state index in [0.29, 0.717) is 12.1 Å². The minimum Gasteiger partial charge on any atom is -0.352 e. The zero-order chi connectivity index (χ0) is 17.8. The molecule has 0 aliphatic heterocycles. The molecule has 3 aromatic rings. The third-order valence-corrected chi connectivity index (χ3v) is 4.40. The second kappa shape index (κ2) is 7.30. The van der Waals surface area contributed by atoms with Crippen molar-refractivity contribution < 1.29 is 9.59 Å². The van der Waals surface area contributed by atoms with Crippen molar-refractivity contribution in [2.24, 2.45) is 7.05 Å². The van der Waals surface area contributed by atoms with E-state index < -0.39 is 0 Å². The number of fused-ring (bicyclic) bond motifs is 1. The van der Waals surface area contributed by atoms with Gasteiger partial charge in [0.25, 0.3) is 0 Å². The number of pyridine rings is 1. The van der Waals surface area contributed by atoms with Crippen LogP contribution in [0.3, 0.4) is 0 Å². The highest BCUT2D eigenvalue weighted by molar-refractivity contribution is 5.97. The van der Waals surface area contributed by atoms with E-state index in [9.17, 15) is 9.59 Å². The summed E-state index contributed by atoms with van der Waals surface area (Å²) in [6.45, 7) is 2.53. The lowest BCUT2D eigenvalue weighted by atomic mass is 10.1. The standard InChI is InChI=1S/C20H21N3O2/c1-14-10-17-11-15(5-6-18(17)23(14)2)12-22-20(25)8-7-19(24)16-4-3-9-21-13-16/h3-6,9-11,13H,7-8,12H2,1-2H3,(H,22,25). The van der Waals surface area contributed by atoms with Gasteiger partial charge in [0.05, 0.1) is 0 Å². The first-order chi connectivity index (χ1) is 12.0. The molecule has 0 aliphatic rings. The molecule has 0 fully saturated rings. The topological polar surface area (TPSA) is 64.0 Å². The van der Waals surface area contributed by atoms with Gasteiger partial charge in [-0.15, -0.1) is 0 Å². The minimum atomic E-state index is -0.124. The van der Waals surface area contributed by atoms with Gasteiger partial charge in [0, 0.05) is 61.0 Å². The van der Waals surface area contributed by atoms with Crippen LogP contribution >= 0.6 is 0 Å². The first kappa shape index (κ1) is 16.9. The van der Waals surface area contributed by atoms with Crippen molar-refractivity contribution in [1.82, 2.24) is 14.9 Å². The first-order valence-electron chi connectivity index (χ1n) is 8.29. The van der Waals surface area contributed by atoms with Crippen molar-refractivity contribution in [2.75, 3.05) is 0 Å². The molecule has 5 nitrogen and oxygen atoms in total. The van der Waals surface area contributed by atoms with Gasteiger partial charge >= 0.3 is 0 Å². The molecule has 1 aromatic carbocycles. The van der Waals surface area contributed by atoms with Gasteiger partial charge in [-0.25, -0.2) is 0 Å². The van der Waals surface area contributed by atoms with Crippen LogP contribution in [0.1, 0.15) is 34.5 Å². The van der Waals surface area contributed by atoms with Gasteiger partial charge in [-0.05, 0) is 42.8 Å². The van der Waals surface area contributed by atoms with Crippen molar-refractivity contribution in [3.63, 3.8) is 0 Å². The number of ketones is 1. The molecule has 1 amide bonds. The number of aryl methyl sites for hydroxylation is 2. The highest BCUT2D eigenvalue weighted by Crippen LogP contribution is 2.19. The molecule has 1 N–H and O–H groups in total. The van der Waals surface area contributed by atoms with Crippen LogP contribution in [0.5, 0.6) is 0 Å². The molecule has 0 unspecified atom stereocenters. The number of aromatic nitrogens is 2. The number of rotatable bonds is 6. The molecular formula is C20H21N3O2. The minimum absolute atomic E-state index is 0.0653. The van der Waals surface area contributed by atoms with Gasteiger partial charge in [-0.2, -0.15) is 0 Å². The zero-order valence-corrected chi connectivity index (χ0v) is 14.5. The van der Waals surface area contributed by atoms with Gasteiger partial charge in [-0.1, -0.05) is 6.07 Å². The van der Waals surface area contributed by atoms with Crippen LogP contribution < -0.4 is 5.32 Å². The van der Waals surface area contributed by atoms with Crippen LogP contribution in [0.15, 0.2) is 48.8 Å². The molecule has 5 heteroatoms. The molecule has 25 heavy (non-hydrogen) atoms. The summed E-state index contributed by atoms with van der Waals surface area (Å²) in [5, 5.41) is 4.04. The predicted molar refractivity (Wildman–Crippen MR) is 97.3 cm³/mol. The van der Waals surface area contributed by atoms with Crippen molar-refractivity contribution in [2.45, 2.75) is 26.3 Å². The summed E-state index contributed by atoms with van der Waals surface area (Å²) >= 11 is 0. The maximum Gasteiger partial charge on any atom is 0.220 e. The van der Waals surface area contributed by atoms with E-state index in [2.05, 4.69) is 40.0 Å². The van der Waals surface area contributed by atoms with E-state index >= 15 is 0 Å². The number of amides is 1. The van der Waals surface area contributed by atoms with Crippen LogP contribution in [-0.4, -0.2) is 21.2 Å². The van der Waals surface area contributed by atoms with Crippen LogP contribution in [0.4, 0.5) is 0 Å². The normalized spacial score (nSPS) is 10.8. The van der Waals surface area contributed by atoms with Crippen LogP contribution in [0, 0.1) is 6.92 Å². The molecule has 0 saturated carbocycles. The number of hydrogen-bond donors (Lipinski definition) is 1. The fourth-order valence-corrected chi connectivity index (χ4v) is 2.84. The monoisotopic (exact) mass is 335 g/mol. The molecule has 0 spiro atoms. The average molecular weight is 335 g/mol. The number of hydrogen-bond acceptors (Lipinski definition) is 3. The van der Waals surface area contributed by atoms with E-state index in [4.69, 9.17) is 0 Å². The summed E-state index contributed by atoms with van der Waals surface area (Å²) in [5.74, 6) is -0.189. The fourth-order valence-electron chi connectivity index (χ4n) is 2.84. The van der Waals surface area contributed by atoms with Gasteiger partial charge in [0.2, 0.25) is 5.91 Å². The van der Waals surface area contributed by atoms with Crippen LogP contribution in [0.2, 0.25) is 0 Å². The van der Waals surface area contributed by atoms with Crippen molar-refractivity contribution in [3.05, 3.63) is 65.6 Å². The third-order valence-electron chi connectivity index (χ3n) is 4.40.